The van der Waals surface area contributed by atoms with Crippen LogP contribution < -0.4 is 10.5 Å². The summed E-state index contributed by atoms with van der Waals surface area (Å²) in [7, 11) is 0. The largest absolute Gasteiger partial charge is 0.490 e. The maximum atomic E-state index is 5.96. The molecular formula is C13H18N4O. The first-order chi connectivity index (χ1) is 8.83. The second-order valence-electron chi connectivity index (χ2n) is 4.74. The Kier molecular flexibility index (Phi) is 3.06. The molecule has 0 unspecified atom stereocenters. The zero-order valence-electron chi connectivity index (χ0n) is 10.4. The molecule has 18 heavy (non-hydrogen) atoms. The fraction of sp³-hybridized carbons (Fsp3) is 0.462. The lowest BCUT2D eigenvalue weighted by molar-refractivity contribution is 0.239. The molecule has 1 saturated heterocycles. The van der Waals surface area contributed by atoms with Gasteiger partial charge in [0.2, 0.25) is 0 Å². The van der Waals surface area contributed by atoms with Crippen LogP contribution in [0.15, 0.2) is 18.3 Å². The molecule has 5 nitrogen and oxygen atoms in total. The first-order valence-corrected chi connectivity index (χ1v) is 6.41. The van der Waals surface area contributed by atoms with Gasteiger partial charge in [0.25, 0.3) is 0 Å². The van der Waals surface area contributed by atoms with E-state index < -0.39 is 0 Å². The minimum Gasteiger partial charge on any atom is -0.490 e. The van der Waals surface area contributed by atoms with Crippen molar-refractivity contribution >= 4 is 16.6 Å². The Morgan fingerprint density at radius 1 is 1.33 bits per heavy atom. The van der Waals surface area contributed by atoms with Gasteiger partial charge in [-0.15, -0.1) is 0 Å². The number of H-pyrrole nitrogens is 1. The van der Waals surface area contributed by atoms with Gasteiger partial charge in [0.15, 0.2) is 0 Å². The molecule has 1 fully saturated rings. The Morgan fingerprint density at radius 3 is 3.00 bits per heavy atom. The highest BCUT2D eigenvalue weighted by molar-refractivity contribution is 5.84. The molecule has 1 aliphatic heterocycles. The van der Waals surface area contributed by atoms with Crippen molar-refractivity contribution < 1.29 is 4.74 Å². The molecule has 1 aliphatic rings. The third-order valence-electron chi connectivity index (χ3n) is 3.43. The summed E-state index contributed by atoms with van der Waals surface area (Å²) < 4.78 is 5.76. The van der Waals surface area contributed by atoms with E-state index in [0.29, 0.717) is 12.3 Å². The normalized spacial score (nSPS) is 16.4. The molecule has 0 aliphatic carbocycles. The number of ether oxygens (including phenoxy) is 1. The molecule has 2 heterocycles. The lowest BCUT2D eigenvalue weighted by atomic mass is 10.2. The first-order valence-electron chi connectivity index (χ1n) is 6.41. The van der Waals surface area contributed by atoms with Crippen molar-refractivity contribution in [2.75, 3.05) is 32.0 Å². The summed E-state index contributed by atoms with van der Waals surface area (Å²) in [4.78, 5) is 2.42. The fourth-order valence-corrected chi connectivity index (χ4v) is 2.41. The Hall–Kier alpha value is -1.75. The molecule has 3 N–H and O–H groups in total. The van der Waals surface area contributed by atoms with Crippen LogP contribution >= 0.6 is 0 Å². The lowest BCUT2D eigenvalue weighted by Gasteiger charge is -2.15. The van der Waals surface area contributed by atoms with Gasteiger partial charge in [0, 0.05) is 18.0 Å². The SMILES string of the molecule is Nc1cc2cn[nH]c2cc1OCCN1CCCC1. The average molecular weight is 246 g/mol. The first kappa shape index (κ1) is 11.3. The number of aromatic amines is 1. The van der Waals surface area contributed by atoms with Crippen LogP contribution in [0.1, 0.15) is 12.8 Å². The monoisotopic (exact) mass is 246 g/mol. The Morgan fingerprint density at radius 2 is 2.17 bits per heavy atom. The lowest BCUT2D eigenvalue weighted by Crippen LogP contribution is -2.25. The molecule has 0 bridgehead atoms. The van der Waals surface area contributed by atoms with Crippen molar-refractivity contribution in [1.82, 2.24) is 15.1 Å². The maximum Gasteiger partial charge on any atom is 0.144 e. The van der Waals surface area contributed by atoms with Gasteiger partial charge in [-0.3, -0.25) is 10.00 Å². The van der Waals surface area contributed by atoms with Crippen molar-refractivity contribution in [3.63, 3.8) is 0 Å². The van der Waals surface area contributed by atoms with Crippen molar-refractivity contribution in [1.29, 1.82) is 0 Å². The number of benzene rings is 1. The summed E-state index contributed by atoms with van der Waals surface area (Å²) in [6.45, 7) is 4.04. The van der Waals surface area contributed by atoms with Crippen LogP contribution in [0.4, 0.5) is 5.69 Å². The molecule has 1 aromatic carbocycles. The molecule has 2 aromatic rings. The molecule has 0 radical (unpaired) electrons. The van der Waals surface area contributed by atoms with Crippen LogP contribution in [0.2, 0.25) is 0 Å². The number of nitrogens with zero attached hydrogens (tertiary/aromatic N) is 2. The standard InChI is InChI=1S/C13H18N4O/c14-11-7-10-9-15-16-12(10)8-13(11)18-6-5-17-3-1-2-4-17/h7-9H,1-6,14H2,(H,15,16). The molecule has 0 saturated carbocycles. The quantitative estimate of drug-likeness (QED) is 0.804. The van der Waals surface area contributed by atoms with Crippen molar-refractivity contribution in [3.8, 4) is 5.75 Å². The van der Waals surface area contributed by atoms with E-state index in [2.05, 4.69) is 15.1 Å². The van der Waals surface area contributed by atoms with Gasteiger partial charge in [-0.25, -0.2) is 0 Å². The highest BCUT2D eigenvalue weighted by Gasteiger charge is 2.11. The van der Waals surface area contributed by atoms with Crippen LogP contribution in [0.5, 0.6) is 5.75 Å². The topological polar surface area (TPSA) is 67.2 Å². The number of fused-ring (bicyclic) bond motifs is 1. The summed E-state index contributed by atoms with van der Waals surface area (Å²) >= 11 is 0. The van der Waals surface area contributed by atoms with Gasteiger partial charge < -0.3 is 10.5 Å². The van der Waals surface area contributed by atoms with Gasteiger partial charge in [-0.2, -0.15) is 5.10 Å². The average Bonchev–Trinajstić information content (AvgIpc) is 3.00. The van der Waals surface area contributed by atoms with Crippen LogP contribution in [0, 0.1) is 0 Å². The second kappa shape index (κ2) is 4.86. The zero-order chi connectivity index (χ0) is 12.4. The van der Waals surface area contributed by atoms with E-state index in [4.69, 9.17) is 10.5 Å². The van der Waals surface area contributed by atoms with Crippen molar-refractivity contribution in [2.24, 2.45) is 0 Å². The van der Waals surface area contributed by atoms with E-state index in [1.165, 1.54) is 25.9 Å². The van der Waals surface area contributed by atoms with E-state index in [0.717, 1.165) is 23.2 Å². The maximum absolute atomic E-state index is 5.96. The molecule has 5 heteroatoms. The number of nitrogens with one attached hydrogen (secondary N) is 1. The second-order valence-corrected chi connectivity index (χ2v) is 4.74. The number of rotatable bonds is 4. The van der Waals surface area contributed by atoms with E-state index in [-0.39, 0.29) is 0 Å². The third-order valence-corrected chi connectivity index (χ3v) is 3.43. The predicted molar refractivity (Wildman–Crippen MR) is 71.7 cm³/mol. The number of hydrogen-bond acceptors (Lipinski definition) is 4. The number of hydrogen-bond donors (Lipinski definition) is 2. The molecule has 1 aromatic heterocycles. The molecular weight excluding hydrogens is 228 g/mol. The summed E-state index contributed by atoms with van der Waals surface area (Å²) in [6.07, 6.45) is 4.38. The Labute approximate surface area is 106 Å². The van der Waals surface area contributed by atoms with Crippen LogP contribution in [0.3, 0.4) is 0 Å². The Balaban J connectivity index is 1.64. The predicted octanol–water partition coefficient (Wildman–Crippen LogP) is 1.62. The summed E-state index contributed by atoms with van der Waals surface area (Å²) in [5.41, 5.74) is 7.59. The number of likely N-dealkylation sites (tertiary alicyclic amines) is 1. The van der Waals surface area contributed by atoms with Crippen LogP contribution in [-0.4, -0.2) is 41.3 Å². The summed E-state index contributed by atoms with van der Waals surface area (Å²) in [6, 6.07) is 3.81. The van der Waals surface area contributed by atoms with Gasteiger partial charge in [0.1, 0.15) is 12.4 Å². The summed E-state index contributed by atoms with van der Waals surface area (Å²) in [5.74, 6) is 0.742. The Bertz CT molecular complexity index is 531. The third kappa shape index (κ3) is 2.26. The number of nitrogen functional groups attached to an aromatic ring is 1. The van der Waals surface area contributed by atoms with Gasteiger partial charge >= 0.3 is 0 Å². The van der Waals surface area contributed by atoms with E-state index in [9.17, 15) is 0 Å². The van der Waals surface area contributed by atoms with Gasteiger partial charge in [0.05, 0.1) is 17.4 Å². The van der Waals surface area contributed by atoms with E-state index in [1.807, 2.05) is 12.1 Å². The molecule has 0 atom stereocenters. The van der Waals surface area contributed by atoms with Gasteiger partial charge in [-0.05, 0) is 32.0 Å². The highest BCUT2D eigenvalue weighted by Crippen LogP contribution is 2.26. The van der Waals surface area contributed by atoms with E-state index in [1.54, 1.807) is 6.20 Å². The van der Waals surface area contributed by atoms with Crippen molar-refractivity contribution in [3.05, 3.63) is 18.3 Å². The molecule has 96 valence electrons. The number of aromatic nitrogens is 2. The smallest absolute Gasteiger partial charge is 0.144 e. The zero-order valence-corrected chi connectivity index (χ0v) is 10.4. The number of anilines is 1. The number of nitrogens with two attached hydrogens (primary N) is 1. The highest BCUT2D eigenvalue weighted by atomic mass is 16.5. The van der Waals surface area contributed by atoms with Crippen LogP contribution in [-0.2, 0) is 0 Å². The minimum atomic E-state index is 0.672. The molecule has 0 amide bonds. The fourth-order valence-electron chi connectivity index (χ4n) is 2.41. The minimum absolute atomic E-state index is 0.672. The van der Waals surface area contributed by atoms with Crippen molar-refractivity contribution in [2.45, 2.75) is 12.8 Å². The van der Waals surface area contributed by atoms with E-state index >= 15 is 0 Å². The van der Waals surface area contributed by atoms with Gasteiger partial charge in [-0.1, -0.05) is 0 Å². The summed E-state index contributed by atoms with van der Waals surface area (Å²) in [5, 5.41) is 7.92. The molecule has 3 rings (SSSR count). The van der Waals surface area contributed by atoms with Crippen LogP contribution in [0.25, 0.3) is 10.9 Å². The molecule has 0 spiro atoms.